The van der Waals surface area contributed by atoms with E-state index in [4.69, 9.17) is 44.9 Å². The van der Waals surface area contributed by atoms with Crippen LogP contribution in [0.25, 0.3) is 0 Å². The van der Waals surface area contributed by atoms with Crippen molar-refractivity contribution in [3.8, 4) is 0 Å². The van der Waals surface area contributed by atoms with Gasteiger partial charge in [-0.15, -0.1) is 0 Å². The zero-order valence-corrected chi connectivity index (χ0v) is 65.3. The lowest BCUT2D eigenvalue weighted by molar-refractivity contribution is 0.0164. The van der Waals surface area contributed by atoms with Gasteiger partial charge in [-0.25, -0.2) is 58.7 Å². The Morgan fingerprint density at radius 1 is 0.407 bits per heavy atom. The smallest absolute Gasteiger partial charge is 0.332 e. The lowest BCUT2D eigenvalue weighted by Gasteiger charge is -2.18. The van der Waals surface area contributed by atoms with Gasteiger partial charge in [-0.2, -0.15) is 0 Å². The number of carbonyl (C=O) groups is 5. The molecule has 4 aromatic carbocycles. The number of aliphatic hydroxyl groups is 5. The van der Waals surface area contributed by atoms with Crippen molar-refractivity contribution in [2.75, 3.05) is 87.8 Å². The molecule has 10 rings (SSSR count). The quantitative estimate of drug-likeness (QED) is 0.0129. The number of hydrogen-bond donors (Lipinski definition) is 14. The Labute approximate surface area is 661 Å². The molecule has 0 radical (unpaired) electrons. The van der Waals surface area contributed by atoms with E-state index in [-0.39, 0.29) is 123 Å². The van der Waals surface area contributed by atoms with Crippen molar-refractivity contribution in [1.82, 2.24) is 63.8 Å². The molecule has 2 fully saturated rings. The highest BCUT2D eigenvalue weighted by Crippen LogP contribution is 2.41. The maximum atomic E-state index is 14.5. The van der Waals surface area contributed by atoms with Crippen molar-refractivity contribution >= 4 is 121 Å². The van der Waals surface area contributed by atoms with Gasteiger partial charge in [-0.1, -0.05) is 6.07 Å². The van der Waals surface area contributed by atoms with Crippen LogP contribution in [0.4, 0.5) is 63.6 Å². The number of carbonyl (C=O) groups excluding carboxylic acids is 5. The molecule has 2 aliphatic rings. The van der Waals surface area contributed by atoms with E-state index in [0.29, 0.717) is 35.0 Å². The summed E-state index contributed by atoms with van der Waals surface area (Å²) in [6, 6.07) is 16.5. The van der Waals surface area contributed by atoms with Gasteiger partial charge >= 0.3 is 22.8 Å². The van der Waals surface area contributed by atoms with Crippen LogP contribution < -0.4 is 93.5 Å². The van der Waals surface area contributed by atoms with Crippen LogP contribution in [0.2, 0.25) is 0 Å². The zero-order chi connectivity index (χ0) is 83.4. The van der Waals surface area contributed by atoms with Crippen LogP contribution in [0.1, 0.15) is 95.0 Å². The lowest BCUT2D eigenvalue weighted by Crippen LogP contribution is -2.45. The van der Waals surface area contributed by atoms with Crippen molar-refractivity contribution in [3.05, 3.63) is 220 Å². The third-order valence-electron chi connectivity index (χ3n) is 16.3. The first-order valence-corrected chi connectivity index (χ1v) is 35.7. The SMILES string of the molecule is CNC(=O)c1ccc(Nc2c(C(=O)NOCCO)c(=O)n(C)c(=O)n2C)c(F)c1.Cn1c(Nc2ccc(C3CC3)cc2F)c(C(=O)NOCCO)c(=O)n(C)c1=O.Cn1c(Nc2ccc(I)cc2F)c(C(=O)NOCCO)c(=O)n(C2CC2)c1=O.Cn1c(Nc2ccc(I)cc2F)c(C(=O)NOCCO)c(=O)n(CCO)c1=O. The topological polar surface area (TPSA) is 508 Å². The molecule has 39 nitrogen and oxygen atoms in total. The van der Waals surface area contributed by atoms with Gasteiger partial charge in [0.25, 0.3) is 51.8 Å². The predicted molar refractivity (Wildman–Crippen MR) is 413 cm³/mol. The van der Waals surface area contributed by atoms with Crippen LogP contribution in [0.5, 0.6) is 0 Å². The molecule has 113 heavy (non-hydrogen) atoms. The zero-order valence-electron chi connectivity index (χ0n) is 61.0. The van der Waals surface area contributed by atoms with E-state index in [0.717, 1.165) is 51.9 Å². The number of aromatic nitrogens is 8. The number of nitrogens with one attached hydrogen (secondary N) is 9. The summed E-state index contributed by atoms with van der Waals surface area (Å²) in [6.45, 7) is -3.07. The van der Waals surface area contributed by atoms with Gasteiger partial charge in [-0.05, 0) is 149 Å². The summed E-state index contributed by atoms with van der Waals surface area (Å²) in [5, 5.41) is 56.9. The van der Waals surface area contributed by atoms with Crippen molar-refractivity contribution in [3.63, 3.8) is 0 Å². The highest BCUT2D eigenvalue weighted by Gasteiger charge is 2.34. The molecule has 2 saturated carbocycles. The summed E-state index contributed by atoms with van der Waals surface area (Å²) in [7, 11) is 9.11. The molecule has 0 saturated heterocycles. The molecule has 0 unspecified atom stereocenters. The van der Waals surface area contributed by atoms with Gasteiger partial charge in [0.2, 0.25) is 0 Å². The molecule has 5 amide bonds. The summed E-state index contributed by atoms with van der Waals surface area (Å²) in [4.78, 5) is 181. The molecular weight excluding hydrogens is 1740 g/mol. The molecule has 4 heterocycles. The van der Waals surface area contributed by atoms with Crippen LogP contribution >= 0.6 is 45.2 Å². The minimum absolute atomic E-state index is 0.00399. The molecule has 0 aliphatic heterocycles. The second kappa shape index (κ2) is 41.0. The van der Waals surface area contributed by atoms with E-state index in [1.807, 2.05) is 61.6 Å². The molecule has 0 spiro atoms. The predicted octanol–water partition coefficient (Wildman–Crippen LogP) is 0.181. The third-order valence-corrected chi connectivity index (χ3v) is 17.7. The Morgan fingerprint density at radius 3 is 1.08 bits per heavy atom. The number of nitrogens with zero attached hydrogens (tertiary/aromatic N) is 8. The van der Waals surface area contributed by atoms with Crippen molar-refractivity contribution in [1.29, 1.82) is 0 Å². The standard InChI is InChI=1S/C18H21FN4O5.C17H18FIN4O5.C17H20FN5O6.C16H18FIN4O6/c1-22-15(20-13-6-5-11(9-12(13)19)10-3-4-10)14(16(25)21-28-8-7-24)17(26)23(2)18(22)27;1-22-14(20-12-5-2-9(19)8-11(12)18)13(15(25)21-28-7-6-24)16(26)23(17(22)27)10-3-4-10;1-19-14(25)9-4-5-11(10(18)8-9)20-13-12(15(26)21-29-7-6-24)16(27)23(3)17(28)22(13)2;1-21-13(19-11-3-2-9(18)8-10(11)17)12(14(25)20-28-7-6-24)15(26)22(4-5-23)16(21)27/h5-6,9-10,20,24H,3-4,7-8H2,1-2H3,(H,21,25);2,5,8,10,20,24H,3-4,6-7H2,1H3,(H,21,25);4-5,8,20,24H,6-7H2,1-3H3,(H,19,25)(H,21,26);2-3,8,19,23-24H,4-7H2,1H3,(H,20,25). The van der Waals surface area contributed by atoms with Gasteiger partial charge in [0.15, 0.2) is 0 Å². The highest BCUT2D eigenvalue weighted by molar-refractivity contribution is 14.1. The fourth-order valence-corrected chi connectivity index (χ4v) is 11.2. The van der Waals surface area contributed by atoms with Gasteiger partial charge in [0.05, 0.1) is 88.8 Å². The highest BCUT2D eigenvalue weighted by atomic mass is 127. The van der Waals surface area contributed by atoms with E-state index >= 15 is 0 Å². The maximum Gasteiger partial charge on any atom is 0.332 e. The number of hydroxylamine groups is 4. The molecule has 8 aromatic rings. The van der Waals surface area contributed by atoms with E-state index in [1.54, 1.807) is 18.2 Å². The van der Waals surface area contributed by atoms with Crippen LogP contribution in [-0.4, -0.2) is 158 Å². The number of rotatable bonds is 29. The number of aliphatic hydroxyl groups excluding tert-OH is 5. The van der Waals surface area contributed by atoms with E-state index < -0.39 is 121 Å². The molecule has 2 aliphatic carbocycles. The van der Waals surface area contributed by atoms with Gasteiger partial charge in [0, 0.05) is 68.1 Å². The fourth-order valence-electron chi connectivity index (χ4n) is 10.3. The number of halogens is 6. The van der Waals surface area contributed by atoms with Crippen molar-refractivity contribution in [2.24, 2.45) is 42.3 Å². The summed E-state index contributed by atoms with van der Waals surface area (Å²) >= 11 is 3.87. The minimum atomic E-state index is -1.01. The molecule has 45 heteroatoms. The lowest BCUT2D eigenvalue weighted by atomic mass is 10.1. The van der Waals surface area contributed by atoms with Crippen LogP contribution in [0, 0.1) is 30.4 Å². The largest absolute Gasteiger partial charge is 0.395 e. The first-order chi connectivity index (χ1) is 53.7. The molecule has 0 bridgehead atoms. The Bertz CT molecular complexity index is 5430. The van der Waals surface area contributed by atoms with Gasteiger partial charge in [-0.3, -0.25) is 99.0 Å². The Kier molecular flexibility index (Phi) is 32.3. The number of benzene rings is 4. The average molecular weight is 1810 g/mol. The number of amides is 5. The second-order valence-electron chi connectivity index (χ2n) is 24.1. The summed E-state index contributed by atoms with van der Waals surface area (Å²) in [6.07, 6.45) is 3.37. The first-order valence-electron chi connectivity index (χ1n) is 33.5. The van der Waals surface area contributed by atoms with Crippen LogP contribution in [0.3, 0.4) is 0 Å². The summed E-state index contributed by atoms with van der Waals surface area (Å²) in [5.41, 5.74) is 0.506. The first kappa shape index (κ1) is 89.2. The van der Waals surface area contributed by atoms with Crippen LogP contribution in [-0.2, 0) is 68.2 Å². The Balaban J connectivity index is 0.000000209. The number of hydrogen-bond acceptors (Lipinski definition) is 26. The molecule has 608 valence electrons. The van der Waals surface area contributed by atoms with Gasteiger partial charge < -0.3 is 52.1 Å². The van der Waals surface area contributed by atoms with E-state index in [1.165, 1.54) is 97.9 Å². The van der Waals surface area contributed by atoms with Crippen molar-refractivity contribution in [2.45, 2.75) is 44.2 Å². The molecule has 0 atom stereocenters. The van der Waals surface area contributed by atoms with Gasteiger partial charge in [0.1, 0.15) is 68.8 Å². The average Bonchev–Trinajstić information content (AvgIpc) is 1.74. The summed E-state index contributed by atoms with van der Waals surface area (Å²) in [5.74, 6) is -7.50. The molecule has 4 aromatic heterocycles. The molecular formula is C68H77F4I2N17O22. The fraction of sp³-hybridized carbons (Fsp3) is 0.338. The van der Waals surface area contributed by atoms with Crippen LogP contribution in [0.15, 0.2) is 111 Å². The summed E-state index contributed by atoms with van der Waals surface area (Å²) < 4.78 is 66.0. The van der Waals surface area contributed by atoms with E-state index in [9.17, 15) is 79.9 Å². The molecule has 14 N–H and O–H groups in total. The number of anilines is 8. The van der Waals surface area contributed by atoms with E-state index in [2.05, 4.69) is 32.1 Å². The maximum absolute atomic E-state index is 14.5. The second-order valence-corrected chi connectivity index (χ2v) is 26.6. The third kappa shape index (κ3) is 22.0. The Hall–Kier alpha value is -11.0. The van der Waals surface area contributed by atoms with Crippen molar-refractivity contribution < 1.29 is 86.4 Å². The monoisotopic (exact) mass is 1810 g/mol. The Morgan fingerprint density at radius 2 is 0.743 bits per heavy atom. The normalized spacial score (nSPS) is 12.0. The minimum Gasteiger partial charge on any atom is -0.395 e.